The molecular formula is C16H18O7. The van der Waals surface area contributed by atoms with E-state index in [9.17, 15) is 9.59 Å². The van der Waals surface area contributed by atoms with Crippen LogP contribution in [0.3, 0.4) is 0 Å². The number of Topliss-reactive ketones (excluding diaryl/α,β-unsaturated/α-hetero) is 1. The molecule has 5 unspecified atom stereocenters. The molecule has 2 aliphatic heterocycles. The van der Waals surface area contributed by atoms with Crippen LogP contribution in [0.1, 0.15) is 18.8 Å². The maximum absolute atomic E-state index is 12.6. The standard InChI is InChI=1S/C16H18O7/c1-9(17)21-14-12(18)13-11(22-16(14)19-2)8-20-15(23-13)10-6-4-3-5-7-10/h3-7,11,13-16H,8H2,1-2H3. The molecule has 1 aromatic carbocycles. The van der Waals surface area contributed by atoms with Crippen LogP contribution in [-0.2, 0) is 33.3 Å². The fourth-order valence-electron chi connectivity index (χ4n) is 2.69. The molecule has 124 valence electrons. The summed E-state index contributed by atoms with van der Waals surface area (Å²) in [5.74, 6) is -0.966. The molecule has 0 amide bonds. The first kappa shape index (κ1) is 16.1. The lowest BCUT2D eigenvalue weighted by Crippen LogP contribution is -2.60. The van der Waals surface area contributed by atoms with E-state index < -0.39 is 36.9 Å². The predicted molar refractivity (Wildman–Crippen MR) is 76.2 cm³/mol. The number of ether oxygens (including phenoxy) is 5. The number of hydrogen-bond donors (Lipinski definition) is 0. The van der Waals surface area contributed by atoms with Crippen LogP contribution in [0, 0.1) is 0 Å². The van der Waals surface area contributed by atoms with Gasteiger partial charge in [0.1, 0.15) is 6.10 Å². The van der Waals surface area contributed by atoms with Crippen LogP contribution in [0.15, 0.2) is 30.3 Å². The first-order chi connectivity index (χ1) is 11.1. The fraction of sp³-hybridized carbons (Fsp3) is 0.500. The van der Waals surface area contributed by atoms with Gasteiger partial charge in [0.2, 0.25) is 18.2 Å². The summed E-state index contributed by atoms with van der Waals surface area (Å²) in [7, 11) is 1.38. The number of hydrogen-bond acceptors (Lipinski definition) is 7. The molecule has 0 bridgehead atoms. The van der Waals surface area contributed by atoms with E-state index in [4.69, 9.17) is 23.7 Å². The Labute approximate surface area is 133 Å². The second-order valence-electron chi connectivity index (χ2n) is 5.34. The Morgan fingerprint density at radius 1 is 1.22 bits per heavy atom. The Balaban J connectivity index is 1.77. The third-order valence-electron chi connectivity index (χ3n) is 3.73. The van der Waals surface area contributed by atoms with Crippen LogP contribution in [0.2, 0.25) is 0 Å². The lowest BCUT2D eigenvalue weighted by molar-refractivity contribution is -0.314. The van der Waals surface area contributed by atoms with Gasteiger partial charge in [-0.15, -0.1) is 0 Å². The molecular weight excluding hydrogens is 304 g/mol. The molecule has 23 heavy (non-hydrogen) atoms. The number of benzene rings is 1. The van der Waals surface area contributed by atoms with Crippen molar-refractivity contribution >= 4 is 11.8 Å². The molecule has 2 aliphatic rings. The fourth-order valence-corrected chi connectivity index (χ4v) is 2.69. The minimum atomic E-state index is -1.15. The molecule has 5 atom stereocenters. The van der Waals surface area contributed by atoms with Gasteiger partial charge in [-0.1, -0.05) is 30.3 Å². The summed E-state index contributed by atoms with van der Waals surface area (Å²) in [4.78, 5) is 23.8. The van der Waals surface area contributed by atoms with Gasteiger partial charge in [0.25, 0.3) is 0 Å². The van der Waals surface area contributed by atoms with Gasteiger partial charge in [-0.2, -0.15) is 0 Å². The predicted octanol–water partition coefficient (Wildman–Crippen LogP) is 0.973. The summed E-state index contributed by atoms with van der Waals surface area (Å²) < 4.78 is 27.2. The average molecular weight is 322 g/mol. The quantitative estimate of drug-likeness (QED) is 0.767. The molecule has 1 aromatic rings. The van der Waals surface area contributed by atoms with Gasteiger partial charge in [-0.25, -0.2) is 0 Å². The number of carbonyl (C=O) groups is 2. The highest BCUT2D eigenvalue weighted by Crippen LogP contribution is 2.33. The van der Waals surface area contributed by atoms with Crippen molar-refractivity contribution in [1.29, 1.82) is 0 Å². The summed E-state index contributed by atoms with van der Waals surface area (Å²) in [6, 6.07) is 9.29. The largest absolute Gasteiger partial charge is 0.449 e. The monoisotopic (exact) mass is 322 g/mol. The zero-order chi connectivity index (χ0) is 16.4. The van der Waals surface area contributed by atoms with Crippen LogP contribution < -0.4 is 0 Å². The minimum Gasteiger partial charge on any atom is -0.449 e. The molecule has 3 rings (SSSR count). The Kier molecular flexibility index (Phi) is 4.72. The third kappa shape index (κ3) is 3.28. The molecule has 0 aliphatic carbocycles. The molecule has 2 heterocycles. The zero-order valence-electron chi connectivity index (χ0n) is 12.8. The van der Waals surface area contributed by atoms with Gasteiger partial charge in [-0.05, 0) is 0 Å². The number of esters is 1. The van der Waals surface area contributed by atoms with E-state index >= 15 is 0 Å². The first-order valence-corrected chi connectivity index (χ1v) is 7.31. The summed E-state index contributed by atoms with van der Waals surface area (Å²) in [5.41, 5.74) is 0.802. The van der Waals surface area contributed by atoms with Crippen molar-refractivity contribution in [3.05, 3.63) is 35.9 Å². The maximum atomic E-state index is 12.6. The van der Waals surface area contributed by atoms with Crippen LogP contribution in [0.5, 0.6) is 0 Å². The number of carbonyl (C=O) groups excluding carboxylic acids is 2. The van der Waals surface area contributed by atoms with E-state index in [2.05, 4.69) is 0 Å². The highest BCUT2D eigenvalue weighted by Gasteiger charge is 2.51. The molecule has 0 spiro atoms. The lowest BCUT2D eigenvalue weighted by Gasteiger charge is -2.42. The summed E-state index contributed by atoms with van der Waals surface area (Å²) in [5, 5.41) is 0. The van der Waals surface area contributed by atoms with Gasteiger partial charge in [-0.3, -0.25) is 9.59 Å². The van der Waals surface area contributed by atoms with Crippen molar-refractivity contribution in [1.82, 2.24) is 0 Å². The summed E-state index contributed by atoms with van der Waals surface area (Å²) in [6.07, 6.45) is -4.24. The number of fused-ring (bicyclic) bond motifs is 1. The number of rotatable bonds is 3. The number of ketones is 1. The Bertz CT molecular complexity index is 573. The van der Waals surface area contributed by atoms with Crippen LogP contribution in [0.25, 0.3) is 0 Å². The number of methoxy groups -OCH3 is 1. The SMILES string of the molecule is COC1OC2COC(c3ccccc3)OC2C(=O)C1OC(C)=O. The van der Waals surface area contributed by atoms with Crippen molar-refractivity contribution in [3.63, 3.8) is 0 Å². The molecule has 0 saturated carbocycles. The van der Waals surface area contributed by atoms with E-state index in [1.165, 1.54) is 14.0 Å². The van der Waals surface area contributed by atoms with E-state index in [1.54, 1.807) is 0 Å². The van der Waals surface area contributed by atoms with Crippen molar-refractivity contribution in [2.45, 2.75) is 37.8 Å². The zero-order valence-corrected chi connectivity index (χ0v) is 12.8. The third-order valence-corrected chi connectivity index (χ3v) is 3.73. The maximum Gasteiger partial charge on any atom is 0.303 e. The molecule has 7 nitrogen and oxygen atoms in total. The van der Waals surface area contributed by atoms with Gasteiger partial charge in [0.05, 0.1) is 6.61 Å². The van der Waals surface area contributed by atoms with E-state index in [0.717, 1.165) is 5.56 Å². The Hall–Kier alpha value is -1.80. The topological polar surface area (TPSA) is 80.3 Å². The second-order valence-corrected chi connectivity index (χ2v) is 5.34. The summed E-state index contributed by atoms with van der Waals surface area (Å²) >= 11 is 0. The van der Waals surface area contributed by atoms with Crippen LogP contribution in [0.4, 0.5) is 0 Å². The molecule has 0 aromatic heterocycles. The molecule has 2 fully saturated rings. The summed E-state index contributed by atoms with van der Waals surface area (Å²) in [6.45, 7) is 1.41. The van der Waals surface area contributed by atoms with Crippen molar-refractivity contribution < 1.29 is 33.3 Å². The van der Waals surface area contributed by atoms with Crippen molar-refractivity contribution in [2.24, 2.45) is 0 Å². The highest BCUT2D eigenvalue weighted by molar-refractivity contribution is 5.90. The second kappa shape index (κ2) is 6.76. The minimum absolute atomic E-state index is 0.183. The molecule has 0 N–H and O–H groups in total. The average Bonchev–Trinajstić information content (AvgIpc) is 2.57. The van der Waals surface area contributed by atoms with Gasteiger partial charge in [0, 0.05) is 19.6 Å². The van der Waals surface area contributed by atoms with E-state index in [-0.39, 0.29) is 12.4 Å². The Morgan fingerprint density at radius 2 is 1.96 bits per heavy atom. The van der Waals surface area contributed by atoms with Gasteiger partial charge < -0.3 is 23.7 Å². The van der Waals surface area contributed by atoms with Crippen LogP contribution in [-0.4, -0.2) is 50.1 Å². The first-order valence-electron chi connectivity index (χ1n) is 7.31. The van der Waals surface area contributed by atoms with Crippen LogP contribution >= 0.6 is 0 Å². The van der Waals surface area contributed by atoms with Gasteiger partial charge >= 0.3 is 5.97 Å². The molecule has 7 heteroatoms. The van der Waals surface area contributed by atoms with E-state index in [1.807, 2.05) is 30.3 Å². The van der Waals surface area contributed by atoms with Crippen molar-refractivity contribution in [2.75, 3.05) is 13.7 Å². The highest BCUT2D eigenvalue weighted by atomic mass is 16.8. The Morgan fingerprint density at radius 3 is 2.61 bits per heavy atom. The lowest BCUT2D eigenvalue weighted by atomic mass is 9.99. The van der Waals surface area contributed by atoms with E-state index in [0.29, 0.717) is 0 Å². The molecule has 0 radical (unpaired) electrons. The smallest absolute Gasteiger partial charge is 0.303 e. The van der Waals surface area contributed by atoms with Crippen molar-refractivity contribution in [3.8, 4) is 0 Å². The normalized spacial score (nSPS) is 33.8. The molecule has 2 saturated heterocycles. The van der Waals surface area contributed by atoms with Gasteiger partial charge in [0.15, 0.2) is 12.4 Å².